The summed E-state index contributed by atoms with van der Waals surface area (Å²) in [5, 5.41) is 11.8. The van der Waals surface area contributed by atoms with Gasteiger partial charge in [-0.1, -0.05) is 6.92 Å². The molecule has 1 aliphatic rings. The summed E-state index contributed by atoms with van der Waals surface area (Å²) < 4.78 is 1.09. The maximum atomic E-state index is 12.3. The molecule has 5 nitrogen and oxygen atoms in total. The molecule has 1 amide bonds. The van der Waals surface area contributed by atoms with Crippen molar-refractivity contribution < 1.29 is 4.79 Å². The van der Waals surface area contributed by atoms with Crippen molar-refractivity contribution in [3.05, 3.63) is 28.1 Å². The molecule has 0 aromatic carbocycles. The third-order valence-electron chi connectivity index (χ3n) is 4.67. The SMILES string of the molecule is CC[C@@H](C)NC(=O)C1CCN(c2ccc(-c3ccc(Br)s3)nn2)CC1. The predicted octanol–water partition coefficient (Wildman–Crippen LogP) is 4.10. The van der Waals surface area contributed by atoms with Gasteiger partial charge in [-0.2, -0.15) is 0 Å². The molecule has 1 aliphatic heterocycles. The van der Waals surface area contributed by atoms with E-state index in [2.05, 4.69) is 50.2 Å². The van der Waals surface area contributed by atoms with Gasteiger partial charge in [-0.15, -0.1) is 21.5 Å². The number of carbonyl (C=O) groups is 1. The number of piperidine rings is 1. The maximum absolute atomic E-state index is 12.3. The van der Waals surface area contributed by atoms with E-state index in [4.69, 9.17) is 0 Å². The number of hydrogen-bond donors (Lipinski definition) is 1. The Balaban J connectivity index is 1.57. The zero-order valence-corrected chi connectivity index (χ0v) is 16.9. The second kappa shape index (κ2) is 8.27. The van der Waals surface area contributed by atoms with Gasteiger partial charge in [0.05, 0.1) is 8.66 Å². The molecule has 1 fully saturated rings. The van der Waals surface area contributed by atoms with Crippen LogP contribution in [-0.4, -0.2) is 35.2 Å². The lowest BCUT2D eigenvalue weighted by Crippen LogP contribution is -2.43. The van der Waals surface area contributed by atoms with Gasteiger partial charge in [0.2, 0.25) is 5.91 Å². The van der Waals surface area contributed by atoms with Gasteiger partial charge in [-0.05, 0) is 66.4 Å². The molecular formula is C18H23BrN4OS. The highest BCUT2D eigenvalue weighted by molar-refractivity contribution is 9.11. The van der Waals surface area contributed by atoms with Crippen LogP contribution in [0.15, 0.2) is 28.1 Å². The molecule has 0 saturated carbocycles. The minimum atomic E-state index is 0.112. The molecule has 2 aromatic heterocycles. The van der Waals surface area contributed by atoms with Crippen LogP contribution in [0.25, 0.3) is 10.6 Å². The summed E-state index contributed by atoms with van der Waals surface area (Å²) in [4.78, 5) is 15.6. The monoisotopic (exact) mass is 422 g/mol. The Hall–Kier alpha value is -1.47. The van der Waals surface area contributed by atoms with Crippen molar-refractivity contribution in [2.24, 2.45) is 5.92 Å². The molecule has 3 rings (SSSR count). The van der Waals surface area contributed by atoms with Gasteiger partial charge in [-0.3, -0.25) is 4.79 Å². The minimum absolute atomic E-state index is 0.112. The highest BCUT2D eigenvalue weighted by Gasteiger charge is 2.26. The Morgan fingerprint density at radius 2 is 2.08 bits per heavy atom. The fourth-order valence-corrected chi connectivity index (χ4v) is 4.26. The summed E-state index contributed by atoms with van der Waals surface area (Å²) in [6.45, 7) is 5.83. The molecule has 2 aromatic rings. The second-order valence-electron chi connectivity index (χ2n) is 6.46. The molecule has 0 spiro atoms. The van der Waals surface area contributed by atoms with Crippen LogP contribution >= 0.6 is 27.3 Å². The quantitative estimate of drug-likeness (QED) is 0.787. The highest BCUT2D eigenvalue weighted by Crippen LogP contribution is 2.30. The summed E-state index contributed by atoms with van der Waals surface area (Å²) in [6, 6.07) is 8.35. The Kier molecular flexibility index (Phi) is 6.06. The van der Waals surface area contributed by atoms with E-state index in [9.17, 15) is 4.79 Å². The van der Waals surface area contributed by atoms with Crippen LogP contribution < -0.4 is 10.2 Å². The van der Waals surface area contributed by atoms with E-state index in [0.29, 0.717) is 0 Å². The van der Waals surface area contributed by atoms with Crippen LogP contribution in [0, 0.1) is 5.92 Å². The number of halogens is 1. The first-order chi connectivity index (χ1) is 12.1. The van der Waals surface area contributed by atoms with Crippen LogP contribution in [0.3, 0.4) is 0 Å². The zero-order chi connectivity index (χ0) is 17.8. The smallest absolute Gasteiger partial charge is 0.223 e. The van der Waals surface area contributed by atoms with E-state index in [1.165, 1.54) is 0 Å². The molecule has 1 saturated heterocycles. The molecule has 1 N–H and O–H groups in total. The lowest BCUT2D eigenvalue weighted by Gasteiger charge is -2.32. The van der Waals surface area contributed by atoms with Gasteiger partial charge in [0.15, 0.2) is 5.82 Å². The summed E-state index contributed by atoms with van der Waals surface area (Å²) in [5.41, 5.74) is 0.891. The fraction of sp³-hybridized carbons (Fsp3) is 0.500. The third kappa shape index (κ3) is 4.58. The third-order valence-corrected chi connectivity index (χ3v) is 6.31. The van der Waals surface area contributed by atoms with Crippen LogP contribution in [0.4, 0.5) is 5.82 Å². The Labute approximate surface area is 161 Å². The predicted molar refractivity (Wildman–Crippen MR) is 106 cm³/mol. The number of carbonyl (C=O) groups excluding carboxylic acids is 1. The van der Waals surface area contributed by atoms with E-state index in [1.807, 2.05) is 24.3 Å². The van der Waals surface area contributed by atoms with Crippen molar-refractivity contribution in [3.8, 4) is 10.6 Å². The summed E-state index contributed by atoms with van der Waals surface area (Å²) in [5.74, 6) is 1.19. The first kappa shape index (κ1) is 18.3. The summed E-state index contributed by atoms with van der Waals surface area (Å²) in [7, 11) is 0. The van der Waals surface area contributed by atoms with E-state index < -0.39 is 0 Å². The molecular weight excluding hydrogens is 400 g/mol. The Morgan fingerprint density at radius 3 is 2.64 bits per heavy atom. The average Bonchev–Trinajstić information content (AvgIpc) is 3.08. The normalized spacial score (nSPS) is 16.7. The number of hydrogen-bond acceptors (Lipinski definition) is 5. The largest absolute Gasteiger partial charge is 0.355 e. The fourth-order valence-electron chi connectivity index (χ4n) is 2.91. The Bertz CT molecular complexity index is 710. The van der Waals surface area contributed by atoms with Crippen molar-refractivity contribution in [2.45, 2.75) is 39.2 Å². The number of nitrogens with one attached hydrogen (secondary N) is 1. The van der Waals surface area contributed by atoms with Crippen LogP contribution in [0.2, 0.25) is 0 Å². The van der Waals surface area contributed by atoms with Gasteiger partial charge in [0, 0.05) is 25.0 Å². The number of rotatable bonds is 5. The van der Waals surface area contributed by atoms with Crippen LogP contribution in [-0.2, 0) is 4.79 Å². The van der Waals surface area contributed by atoms with Crippen molar-refractivity contribution in [2.75, 3.05) is 18.0 Å². The first-order valence-corrected chi connectivity index (χ1v) is 10.3. The minimum Gasteiger partial charge on any atom is -0.355 e. The second-order valence-corrected chi connectivity index (χ2v) is 8.92. The molecule has 0 aliphatic carbocycles. The number of nitrogens with zero attached hydrogens (tertiary/aromatic N) is 3. The first-order valence-electron chi connectivity index (χ1n) is 8.71. The molecule has 0 radical (unpaired) electrons. The molecule has 7 heteroatoms. The zero-order valence-electron chi connectivity index (χ0n) is 14.5. The van der Waals surface area contributed by atoms with Crippen molar-refractivity contribution in [1.82, 2.24) is 15.5 Å². The van der Waals surface area contributed by atoms with Gasteiger partial charge < -0.3 is 10.2 Å². The van der Waals surface area contributed by atoms with Crippen LogP contribution in [0.1, 0.15) is 33.1 Å². The number of amides is 1. The van der Waals surface area contributed by atoms with E-state index >= 15 is 0 Å². The maximum Gasteiger partial charge on any atom is 0.223 e. The molecule has 3 heterocycles. The van der Waals surface area contributed by atoms with Gasteiger partial charge in [-0.25, -0.2) is 0 Å². The highest BCUT2D eigenvalue weighted by atomic mass is 79.9. The topological polar surface area (TPSA) is 58.1 Å². The van der Waals surface area contributed by atoms with E-state index in [0.717, 1.165) is 52.5 Å². The lowest BCUT2D eigenvalue weighted by molar-refractivity contribution is -0.126. The van der Waals surface area contributed by atoms with E-state index in [-0.39, 0.29) is 17.9 Å². The molecule has 1 atom stereocenters. The summed E-state index contributed by atoms with van der Waals surface area (Å²) in [6.07, 6.45) is 2.69. The van der Waals surface area contributed by atoms with Gasteiger partial charge in [0.1, 0.15) is 5.69 Å². The standard InChI is InChI=1S/C18H23BrN4OS/c1-3-12(2)20-18(24)13-8-10-23(11-9-13)17-7-4-14(21-22-17)15-5-6-16(19)25-15/h4-7,12-13H,3,8-11H2,1-2H3,(H,20,24)/t12-/m1/s1. The summed E-state index contributed by atoms with van der Waals surface area (Å²) >= 11 is 5.12. The lowest BCUT2D eigenvalue weighted by atomic mass is 9.95. The molecule has 25 heavy (non-hydrogen) atoms. The van der Waals surface area contributed by atoms with Crippen molar-refractivity contribution in [1.29, 1.82) is 0 Å². The van der Waals surface area contributed by atoms with E-state index in [1.54, 1.807) is 11.3 Å². The van der Waals surface area contributed by atoms with Crippen molar-refractivity contribution >= 4 is 39.0 Å². The Morgan fingerprint density at radius 1 is 1.32 bits per heavy atom. The number of anilines is 1. The average molecular weight is 423 g/mol. The van der Waals surface area contributed by atoms with Crippen molar-refractivity contribution in [3.63, 3.8) is 0 Å². The van der Waals surface area contributed by atoms with Crippen LogP contribution in [0.5, 0.6) is 0 Å². The number of thiophene rings is 1. The number of aromatic nitrogens is 2. The molecule has 0 unspecified atom stereocenters. The molecule has 134 valence electrons. The van der Waals surface area contributed by atoms with Gasteiger partial charge >= 0.3 is 0 Å². The van der Waals surface area contributed by atoms with Gasteiger partial charge in [0.25, 0.3) is 0 Å². The molecule has 0 bridgehead atoms.